The first-order valence-electron chi connectivity index (χ1n) is 9.46. The summed E-state index contributed by atoms with van der Waals surface area (Å²) in [6.07, 6.45) is -0.604. The van der Waals surface area contributed by atoms with E-state index < -0.39 is 17.7 Å². The van der Waals surface area contributed by atoms with Gasteiger partial charge in [-0.15, -0.1) is 0 Å². The minimum atomic E-state index is -0.652. The minimum absolute atomic E-state index is 0.301. The monoisotopic (exact) mass is 429 g/mol. The van der Waals surface area contributed by atoms with Crippen LogP contribution in [0.15, 0.2) is 47.3 Å². The average molecular weight is 430 g/mol. The number of ether oxygens (including phenoxy) is 2. The summed E-state index contributed by atoms with van der Waals surface area (Å²) in [6, 6.07) is 11.5. The number of carbonyl (C=O) groups excluding carboxylic acids is 1. The van der Waals surface area contributed by atoms with Crippen LogP contribution in [0.5, 0.6) is 5.75 Å². The largest absolute Gasteiger partial charge is 0.497 e. The number of benzene rings is 2. The van der Waals surface area contributed by atoms with Gasteiger partial charge in [0.05, 0.1) is 34.8 Å². The quantitative estimate of drug-likeness (QED) is 0.653. The summed E-state index contributed by atoms with van der Waals surface area (Å²) in [7, 11) is 1.55. The van der Waals surface area contributed by atoms with Crippen molar-refractivity contribution in [2.45, 2.75) is 39.3 Å². The number of hydrogen-bond donors (Lipinski definition) is 1. The van der Waals surface area contributed by atoms with Crippen LogP contribution in [0, 0.1) is 0 Å². The molecule has 1 atom stereocenters. The van der Waals surface area contributed by atoms with Crippen LogP contribution in [0.4, 0.5) is 4.79 Å². The van der Waals surface area contributed by atoms with Gasteiger partial charge in [0, 0.05) is 6.07 Å². The van der Waals surface area contributed by atoms with Gasteiger partial charge in [-0.05, 0) is 52.0 Å². The van der Waals surface area contributed by atoms with E-state index in [9.17, 15) is 9.59 Å². The van der Waals surface area contributed by atoms with Crippen molar-refractivity contribution in [3.8, 4) is 11.4 Å². The Hall–Kier alpha value is -3.06. The summed E-state index contributed by atoms with van der Waals surface area (Å²) in [5.41, 5.74) is -0.00617. The molecule has 0 saturated carbocycles. The second-order valence-electron chi connectivity index (χ2n) is 7.81. The molecule has 0 radical (unpaired) electrons. The molecule has 30 heavy (non-hydrogen) atoms. The summed E-state index contributed by atoms with van der Waals surface area (Å²) >= 11 is 6.30. The molecule has 0 saturated heterocycles. The average Bonchev–Trinajstić information content (AvgIpc) is 2.66. The summed E-state index contributed by atoms with van der Waals surface area (Å²) in [6.45, 7) is 7.07. The number of nitrogens with zero attached hydrogens (tertiary/aromatic N) is 2. The van der Waals surface area contributed by atoms with Crippen LogP contribution in [0.3, 0.4) is 0 Å². The number of carbonyl (C=O) groups is 1. The van der Waals surface area contributed by atoms with Crippen LogP contribution < -0.4 is 15.6 Å². The van der Waals surface area contributed by atoms with Crippen LogP contribution in [0.2, 0.25) is 5.02 Å². The van der Waals surface area contributed by atoms with Gasteiger partial charge in [0.15, 0.2) is 0 Å². The van der Waals surface area contributed by atoms with Crippen molar-refractivity contribution in [3.05, 3.63) is 63.7 Å². The Kier molecular flexibility index (Phi) is 6.03. The lowest BCUT2D eigenvalue weighted by Crippen LogP contribution is -2.37. The molecule has 1 aromatic heterocycles. The highest BCUT2D eigenvalue weighted by Gasteiger charge is 2.23. The summed E-state index contributed by atoms with van der Waals surface area (Å²) < 4.78 is 12.1. The Morgan fingerprint density at radius 2 is 1.90 bits per heavy atom. The fourth-order valence-corrected chi connectivity index (χ4v) is 3.30. The van der Waals surface area contributed by atoms with Crippen molar-refractivity contribution in [2.24, 2.45) is 0 Å². The standard InChI is InChI=1S/C22H24ClN3O4/c1-13(24-21(28)30-22(2,3)4)19-25-17-11-7-10-16(23)18(17)20(27)26(19)14-8-6-9-15(12-14)29-5/h6-13H,1-5H3,(H,24,28)/t13-/m0/s1. The zero-order valence-corrected chi connectivity index (χ0v) is 18.3. The highest BCUT2D eigenvalue weighted by molar-refractivity contribution is 6.35. The molecular weight excluding hydrogens is 406 g/mol. The van der Waals surface area contributed by atoms with E-state index in [2.05, 4.69) is 10.3 Å². The van der Waals surface area contributed by atoms with E-state index in [0.717, 1.165) is 0 Å². The lowest BCUT2D eigenvalue weighted by Gasteiger charge is -2.23. The van der Waals surface area contributed by atoms with Crippen molar-refractivity contribution in [2.75, 3.05) is 7.11 Å². The maximum atomic E-state index is 13.4. The van der Waals surface area contributed by atoms with E-state index in [1.54, 1.807) is 77.3 Å². The molecule has 0 aliphatic heterocycles. The van der Waals surface area contributed by atoms with Crippen molar-refractivity contribution >= 4 is 28.6 Å². The second-order valence-corrected chi connectivity index (χ2v) is 8.22. The van der Waals surface area contributed by atoms with Crippen molar-refractivity contribution in [3.63, 3.8) is 0 Å². The van der Waals surface area contributed by atoms with Crippen molar-refractivity contribution in [1.82, 2.24) is 14.9 Å². The Labute approximate surface area is 179 Å². The number of halogens is 1. The molecule has 0 unspecified atom stereocenters. The van der Waals surface area contributed by atoms with Crippen LogP contribution >= 0.6 is 11.6 Å². The highest BCUT2D eigenvalue weighted by atomic mass is 35.5. The maximum absolute atomic E-state index is 13.4. The Morgan fingerprint density at radius 3 is 2.57 bits per heavy atom. The zero-order valence-electron chi connectivity index (χ0n) is 17.5. The van der Waals surface area contributed by atoms with Gasteiger partial charge in [0.2, 0.25) is 0 Å². The number of amides is 1. The first-order chi connectivity index (χ1) is 14.1. The van der Waals surface area contributed by atoms with Crippen molar-refractivity contribution in [1.29, 1.82) is 0 Å². The van der Waals surface area contributed by atoms with Gasteiger partial charge >= 0.3 is 6.09 Å². The number of fused-ring (bicyclic) bond motifs is 1. The first kappa shape index (κ1) is 21.6. The zero-order chi connectivity index (χ0) is 22.1. The van der Waals surface area contributed by atoms with Crippen LogP contribution in [0.1, 0.15) is 39.6 Å². The molecule has 0 fully saturated rings. The molecule has 0 aliphatic rings. The smallest absolute Gasteiger partial charge is 0.408 e. The van der Waals surface area contributed by atoms with Gasteiger partial charge < -0.3 is 14.8 Å². The van der Waals surface area contributed by atoms with Gasteiger partial charge in [0.25, 0.3) is 5.56 Å². The number of aromatic nitrogens is 2. The Balaban J connectivity index is 2.19. The summed E-state index contributed by atoms with van der Waals surface area (Å²) in [5.74, 6) is 0.922. The summed E-state index contributed by atoms with van der Waals surface area (Å²) in [5, 5.41) is 3.36. The van der Waals surface area contributed by atoms with E-state index in [-0.39, 0.29) is 5.56 Å². The molecule has 0 bridgehead atoms. The third kappa shape index (κ3) is 4.57. The predicted octanol–water partition coefficient (Wildman–Crippen LogP) is 4.63. The van der Waals surface area contributed by atoms with E-state index >= 15 is 0 Å². The molecule has 7 nitrogen and oxygen atoms in total. The molecule has 158 valence electrons. The molecule has 1 amide bonds. The third-order valence-electron chi connectivity index (χ3n) is 4.30. The Bertz CT molecular complexity index is 1150. The second kappa shape index (κ2) is 8.36. The van der Waals surface area contributed by atoms with Crippen molar-refractivity contribution < 1.29 is 14.3 Å². The highest BCUT2D eigenvalue weighted by Crippen LogP contribution is 2.24. The minimum Gasteiger partial charge on any atom is -0.497 e. The number of rotatable bonds is 4. The van der Waals surface area contributed by atoms with Gasteiger partial charge in [-0.3, -0.25) is 9.36 Å². The molecule has 3 aromatic rings. The van der Waals surface area contributed by atoms with Gasteiger partial charge in [-0.2, -0.15) is 0 Å². The SMILES string of the molecule is COc1cccc(-n2c([C@H](C)NC(=O)OC(C)(C)C)nc3cccc(Cl)c3c2=O)c1. The number of hydrogen-bond acceptors (Lipinski definition) is 5. The van der Waals surface area contributed by atoms with Gasteiger partial charge in [-0.1, -0.05) is 23.7 Å². The lowest BCUT2D eigenvalue weighted by molar-refractivity contribution is 0.0505. The molecule has 1 N–H and O–H groups in total. The van der Waals surface area contributed by atoms with Gasteiger partial charge in [-0.25, -0.2) is 9.78 Å². The van der Waals surface area contributed by atoms with E-state index in [1.807, 2.05) is 0 Å². The number of alkyl carbamates (subject to hydrolysis) is 1. The number of nitrogens with one attached hydrogen (secondary N) is 1. The first-order valence-corrected chi connectivity index (χ1v) is 9.83. The van der Waals surface area contributed by atoms with E-state index in [1.165, 1.54) is 4.57 Å². The molecule has 0 aliphatic carbocycles. The fourth-order valence-electron chi connectivity index (χ4n) is 3.05. The predicted molar refractivity (Wildman–Crippen MR) is 117 cm³/mol. The van der Waals surface area contributed by atoms with E-state index in [0.29, 0.717) is 33.2 Å². The van der Waals surface area contributed by atoms with Crippen LogP contribution in [-0.2, 0) is 4.74 Å². The topological polar surface area (TPSA) is 82.4 Å². The fraction of sp³-hybridized carbons (Fsp3) is 0.318. The lowest BCUT2D eigenvalue weighted by atomic mass is 10.2. The molecule has 2 aromatic carbocycles. The number of methoxy groups -OCH3 is 1. The van der Waals surface area contributed by atoms with E-state index in [4.69, 9.17) is 21.1 Å². The molecule has 3 rings (SSSR count). The van der Waals surface area contributed by atoms with Gasteiger partial charge in [0.1, 0.15) is 17.2 Å². The van der Waals surface area contributed by atoms with Crippen LogP contribution in [0.25, 0.3) is 16.6 Å². The van der Waals surface area contributed by atoms with Crippen LogP contribution in [-0.4, -0.2) is 28.4 Å². The normalized spacial score (nSPS) is 12.5. The molecular formula is C22H24ClN3O4. The maximum Gasteiger partial charge on any atom is 0.408 e. The molecule has 1 heterocycles. The molecule has 8 heteroatoms. The molecule has 0 spiro atoms. The third-order valence-corrected chi connectivity index (χ3v) is 4.62. The Morgan fingerprint density at radius 1 is 1.20 bits per heavy atom. The summed E-state index contributed by atoms with van der Waals surface area (Å²) in [4.78, 5) is 30.4.